The summed E-state index contributed by atoms with van der Waals surface area (Å²) >= 11 is 0. The number of hydrogen-bond acceptors (Lipinski definition) is 4. The number of ether oxygens (including phenoxy) is 1. The quantitative estimate of drug-likeness (QED) is 0.874. The molecule has 1 aromatic carbocycles. The van der Waals surface area contributed by atoms with Gasteiger partial charge in [-0.3, -0.25) is 0 Å². The van der Waals surface area contributed by atoms with Crippen LogP contribution in [0.15, 0.2) is 24.3 Å². The molecule has 20 heavy (non-hydrogen) atoms. The minimum absolute atomic E-state index is 0.0855. The second-order valence-electron chi connectivity index (χ2n) is 5.37. The Balaban J connectivity index is 2.22. The third kappa shape index (κ3) is 3.73. The Kier molecular flexibility index (Phi) is 5.05. The van der Waals surface area contributed by atoms with E-state index in [0.717, 1.165) is 30.7 Å². The average molecular weight is 297 g/mol. The Morgan fingerprint density at radius 3 is 2.85 bits per heavy atom. The molecule has 1 aliphatic rings. The highest BCUT2D eigenvalue weighted by Crippen LogP contribution is 2.32. The van der Waals surface area contributed by atoms with E-state index < -0.39 is 9.84 Å². The van der Waals surface area contributed by atoms with Gasteiger partial charge in [0.2, 0.25) is 0 Å². The maximum atomic E-state index is 11.7. The van der Waals surface area contributed by atoms with E-state index >= 15 is 0 Å². The molecule has 0 amide bonds. The number of sulfone groups is 1. The molecule has 1 heterocycles. The lowest BCUT2D eigenvalue weighted by Crippen LogP contribution is -2.29. The average Bonchev–Trinajstić information content (AvgIpc) is 2.80. The van der Waals surface area contributed by atoms with Crippen molar-refractivity contribution in [3.05, 3.63) is 29.8 Å². The Morgan fingerprint density at radius 2 is 2.25 bits per heavy atom. The lowest BCUT2D eigenvalue weighted by molar-refractivity contribution is 0.386. The monoisotopic (exact) mass is 297 g/mol. The van der Waals surface area contributed by atoms with Crippen LogP contribution < -0.4 is 10.1 Å². The van der Waals surface area contributed by atoms with E-state index in [2.05, 4.69) is 12.2 Å². The molecule has 1 fully saturated rings. The molecule has 4 nitrogen and oxygen atoms in total. The molecule has 1 saturated heterocycles. The molecule has 2 unspecified atom stereocenters. The predicted molar refractivity (Wildman–Crippen MR) is 80.8 cm³/mol. The van der Waals surface area contributed by atoms with E-state index in [1.807, 2.05) is 24.3 Å². The summed E-state index contributed by atoms with van der Waals surface area (Å²) in [6, 6.07) is 7.99. The summed E-state index contributed by atoms with van der Waals surface area (Å²) in [4.78, 5) is 0. The van der Waals surface area contributed by atoms with Gasteiger partial charge in [0.15, 0.2) is 9.84 Å². The van der Waals surface area contributed by atoms with Crippen molar-refractivity contribution in [2.75, 3.05) is 25.2 Å². The first-order chi connectivity index (χ1) is 9.55. The van der Waals surface area contributed by atoms with E-state index in [1.54, 1.807) is 7.11 Å². The molecule has 1 aromatic rings. The van der Waals surface area contributed by atoms with E-state index in [1.165, 1.54) is 0 Å². The Hall–Kier alpha value is -1.07. The van der Waals surface area contributed by atoms with Crippen molar-refractivity contribution in [1.82, 2.24) is 5.32 Å². The number of hydrogen-bond donors (Lipinski definition) is 1. The van der Waals surface area contributed by atoms with Crippen molar-refractivity contribution in [3.8, 4) is 5.75 Å². The fourth-order valence-electron chi connectivity index (χ4n) is 2.78. The van der Waals surface area contributed by atoms with Gasteiger partial charge < -0.3 is 10.1 Å². The third-order valence-electron chi connectivity index (χ3n) is 3.81. The molecule has 2 atom stereocenters. The minimum atomic E-state index is -2.86. The molecular formula is C15H23NO3S. The molecule has 1 aliphatic heterocycles. The zero-order valence-electron chi connectivity index (χ0n) is 12.1. The first-order valence-electron chi connectivity index (χ1n) is 7.13. The van der Waals surface area contributed by atoms with Gasteiger partial charge in [0.1, 0.15) is 5.75 Å². The Morgan fingerprint density at radius 1 is 1.45 bits per heavy atom. The van der Waals surface area contributed by atoms with Crippen molar-refractivity contribution in [1.29, 1.82) is 0 Å². The summed E-state index contributed by atoms with van der Waals surface area (Å²) < 4.78 is 28.7. The van der Waals surface area contributed by atoms with Crippen LogP contribution in [-0.2, 0) is 9.84 Å². The van der Waals surface area contributed by atoms with Crippen LogP contribution in [-0.4, -0.2) is 33.6 Å². The van der Waals surface area contributed by atoms with E-state index in [-0.39, 0.29) is 17.7 Å². The Labute approximate surface area is 121 Å². The van der Waals surface area contributed by atoms with Gasteiger partial charge in [-0.05, 0) is 43.0 Å². The maximum Gasteiger partial charge on any atom is 0.150 e. The van der Waals surface area contributed by atoms with Gasteiger partial charge in [-0.1, -0.05) is 19.1 Å². The molecule has 0 aromatic heterocycles. The Bertz CT molecular complexity index is 542. The molecule has 0 radical (unpaired) electrons. The zero-order chi connectivity index (χ0) is 14.6. The highest BCUT2D eigenvalue weighted by atomic mass is 32.2. The van der Waals surface area contributed by atoms with E-state index in [0.29, 0.717) is 5.75 Å². The lowest BCUT2D eigenvalue weighted by Gasteiger charge is -2.24. The van der Waals surface area contributed by atoms with Crippen LogP contribution in [0.4, 0.5) is 0 Å². The topological polar surface area (TPSA) is 55.4 Å². The summed E-state index contributed by atoms with van der Waals surface area (Å²) in [6.07, 6.45) is 1.76. The normalized spacial score (nSPS) is 22.6. The fourth-order valence-corrected chi connectivity index (χ4v) is 4.62. The first kappa shape index (κ1) is 15.3. The van der Waals surface area contributed by atoms with Gasteiger partial charge in [-0.25, -0.2) is 8.42 Å². The van der Waals surface area contributed by atoms with Crippen molar-refractivity contribution >= 4 is 9.84 Å². The molecule has 0 spiro atoms. The van der Waals surface area contributed by atoms with Gasteiger partial charge in [-0.15, -0.1) is 0 Å². The molecule has 112 valence electrons. The standard InChI is InChI=1S/C15H23NO3S/c1-3-8-16-15(13-7-9-20(17,18)11-13)12-5-4-6-14(10-12)19-2/h4-6,10,13,15-16H,3,7-9,11H2,1-2H3. The van der Waals surface area contributed by atoms with Crippen LogP contribution in [0.2, 0.25) is 0 Å². The van der Waals surface area contributed by atoms with Crippen molar-refractivity contribution < 1.29 is 13.2 Å². The van der Waals surface area contributed by atoms with Gasteiger partial charge in [0.05, 0.1) is 18.6 Å². The second kappa shape index (κ2) is 6.59. The summed E-state index contributed by atoms with van der Waals surface area (Å²) in [5.74, 6) is 1.56. The summed E-state index contributed by atoms with van der Waals surface area (Å²) in [5.41, 5.74) is 1.11. The highest BCUT2D eigenvalue weighted by molar-refractivity contribution is 7.91. The lowest BCUT2D eigenvalue weighted by atomic mass is 9.92. The van der Waals surface area contributed by atoms with Crippen LogP contribution in [0, 0.1) is 5.92 Å². The van der Waals surface area contributed by atoms with Crippen molar-refractivity contribution in [2.45, 2.75) is 25.8 Å². The number of rotatable bonds is 6. The molecule has 0 aliphatic carbocycles. The van der Waals surface area contributed by atoms with Crippen LogP contribution in [0.25, 0.3) is 0 Å². The van der Waals surface area contributed by atoms with Gasteiger partial charge in [0, 0.05) is 6.04 Å². The zero-order valence-corrected chi connectivity index (χ0v) is 12.9. The van der Waals surface area contributed by atoms with Crippen LogP contribution in [0.5, 0.6) is 5.75 Å². The van der Waals surface area contributed by atoms with Crippen LogP contribution >= 0.6 is 0 Å². The van der Waals surface area contributed by atoms with Gasteiger partial charge in [0.25, 0.3) is 0 Å². The minimum Gasteiger partial charge on any atom is -0.497 e. The van der Waals surface area contributed by atoms with Crippen molar-refractivity contribution in [2.24, 2.45) is 5.92 Å². The van der Waals surface area contributed by atoms with Crippen LogP contribution in [0.1, 0.15) is 31.4 Å². The van der Waals surface area contributed by atoms with Gasteiger partial charge in [-0.2, -0.15) is 0 Å². The molecule has 2 rings (SSSR count). The van der Waals surface area contributed by atoms with E-state index in [4.69, 9.17) is 4.74 Å². The molecule has 0 saturated carbocycles. The predicted octanol–water partition coefficient (Wildman–Crippen LogP) is 2.17. The number of methoxy groups -OCH3 is 1. The molecule has 5 heteroatoms. The third-order valence-corrected chi connectivity index (χ3v) is 5.60. The van der Waals surface area contributed by atoms with Crippen LogP contribution in [0.3, 0.4) is 0 Å². The first-order valence-corrected chi connectivity index (χ1v) is 8.95. The van der Waals surface area contributed by atoms with E-state index in [9.17, 15) is 8.42 Å². The molecule has 1 N–H and O–H groups in total. The highest BCUT2D eigenvalue weighted by Gasteiger charge is 2.34. The number of benzene rings is 1. The molecule has 0 bridgehead atoms. The van der Waals surface area contributed by atoms with Gasteiger partial charge >= 0.3 is 0 Å². The summed E-state index contributed by atoms with van der Waals surface area (Å²) in [5, 5.41) is 3.50. The summed E-state index contributed by atoms with van der Waals surface area (Å²) in [6.45, 7) is 3.00. The summed E-state index contributed by atoms with van der Waals surface area (Å²) in [7, 11) is -1.21. The SMILES string of the molecule is CCCNC(c1cccc(OC)c1)C1CCS(=O)(=O)C1. The smallest absolute Gasteiger partial charge is 0.150 e. The fraction of sp³-hybridized carbons (Fsp3) is 0.600. The largest absolute Gasteiger partial charge is 0.497 e. The van der Waals surface area contributed by atoms with Crippen molar-refractivity contribution in [3.63, 3.8) is 0 Å². The number of nitrogens with one attached hydrogen (secondary N) is 1. The molecular weight excluding hydrogens is 274 g/mol. The second-order valence-corrected chi connectivity index (χ2v) is 7.60. The maximum absolute atomic E-state index is 11.7.